The van der Waals surface area contributed by atoms with Crippen LogP contribution in [0.3, 0.4) is 0 Å². The topological polar surface area (TPSA) is 95.1 Å². The standard InChI is InChI=1S/C14H21N3O3/c1-9(10-6-4-2-3-5-7-10)17-13(18)11-12(14(19)20)16-8-15-11/h8-10H,2-7H2,1H3,(H,15,16)(H,17,18)(H,19,20)/t9-/m1/s1. The van der Waals surface area contributed by atoms with Crippen molar-refractivity contribution in [1.82, 2.24) is 15.3 Å². The lowest BCUT2D eigenvalue weighted by molar-refractivity contribution is 0.0684. The molecule has 0 saturated heterocycles. The summed E-state index contributed by atoms with van der Waals surface area (Å²) >= 11 is 0. The summed E-state index contributed by atoms with van der Waals surface area (Å²) in [6.45, 7) is 1.99. The van der Waals surface area contributed by atoms with Crippen LogP contribution in [0, 0.1) is 5.92 Å². The maximum absolute atomic E-state index is 12.1. The fraction of sp³-hybridized carbons (Fsp3) is 0.643. The van der Waals surface area contributed by atoms with Gasteiger partial charge in [0.2, 0.25) is 0 Å². The monoisotopic (exact) mass is 279 g/mol. The van der Waals surface area contributed by atoms with E-state index < -0.39 is 11.9 Å². The van der Waals surface area contributed by atoms with Crippen LogP contribution in [0.1, 0.15) is 66.4 Å². The molecule has 1 saturated carbocycles. The maximum Gasteiger partial charge on any atom is 0.354 e. The van der Waals surface area contributed by atoms with Gasteiger partial charge in [0.25, 0.3) is 5.91 Å². The Labute approximate surface area is 118 Å². The number of H-pyrrole nitrogens is 1. The molecule has 6 nitrogen and oxygen atoms in total. The zero-order chi connectivity index (χ0) is 14.5. The van der Waals surface area contributed by atoms with Crippen LogP contribution < -0.4 is 5.32 Å². The van der Waals surface area contributed by atoms with Crippen molar-refractivity contribution in [1.29, 1.82) is 0 Å². The third kappa shape index (κ3) is 3.37. The zero-order valence-corrected chi connectivity index (χ0v) is 11.7. The van der Waals surface area contributed by atoms with Gasteiger partial charge in [0.05, 0.1) is 6.33 Å². The second-order valence-electron chi connectivity index (χ2n) is 5.45. The van der Waals surface area contributed by atoms with Gasteiger partial charge in [0.15, 0.2) is 11.4 Å². The van der Waals surface area contributed by atoms with Gasteiger partial charge in [-0.15, -0.1) is 0 Å². The van der Waals surface area contributed by atoms with Crippen LogP contribution in [0.2, 0.25) is 0 Å². The molecule has 1 amide bonds. The van der Waals surface area contributed by atoms with E-state index in [1.807, 2.05) is 6.92 Å². The minimum atomic E-state index is -1.17. The highest BCUT2D eigenvalue weighted by molar-refractivity contribution is 6.02. The fourth-order valence-electron chi connectivity index (χ4n) is 2.83. The van der Waals surface area contributed by atoms with Crippen LogP contribution in [-0.2, 0) is 0 Å². The molecule has 1 aromatic rings. The second kappa shape index (κ2) is 6.54. The Hall–Kier alpha value is -1.85. The first kappa shape index (κ1) is 14.6. The minimum absolute atomic E-state index is 0.0407. The summed E-state index contributed by atoms with van der Waals surface area (Å²) in [5, 5.41) is 11.9. The first-order valence-corrected chi connectivity index (χ1v) is 7.17. The summed E-state index contributed by atoms with van der Waals surface area (Å²) in [4.78, 5) is 29.4. The molecule has 0 radical (unpaired) electrons. The molecule has 1 fully saturated rings. The number of hydrogen-bond donors (Lipinski definition) is 3. The van der Waals surface area contributed by atoms with Gasteiger partial charge in [-0.1, -0.05) is 25.7 Å². The van der Waals surface area contributed by atoms with Crippen LogP contribution in [0.15, 0.2) is 6.33 Å². The summed E-state index contributed by atoms with van der Waals surface area (Å²) in [5.41, 5.74) is -0.200. The number of carbonyl (C=O) groups is 2. The van der Waals surface area contributed by atoms with Crippen LogP contribution in [0.5, 0.6) is 0 Å². The Bertz CT molecular complexity index is 476. The molecule has 1 heterocycles. The predicted molar refractivity (Wildman–Crippen MR) is 73.7 cm³/mol. The molecule has 0 aromatic carbocycles. The highest BCUT2D eigenvalue weighted by atomic mass is 16.4. The quantitative estimate of drug-likeness (QED) is 0.736. The number of aromatic amines is 1. The number of nitrogens with zero attached hydrogens (tertiary/aromatic N) is 1. The van der Waals surface area contributed by atoms with E-state index in [9.17, 15) is 9.59 Å². The molecule has 3 N–H and O–H groups in total. The van der Waals surface area contributed by atoms with Gasteiger partial charge in [-0.2, -0.15) is 0 Å². The van der Waals surface area contributed by atoms with E-state index in [1.165, 1.54) is 32.0 Å². The van der Waals surface area contributed by atoms with E-state index in [1.54, 1.807) is 0 Å². The van der Waals surface area contributed by atoms with Crippen molar-refractivity contribution in [2.24, 2.45) is 5.92 Å². The summed E-state index contributed by atoms with van der Waals surface area (Å²) in [7, 11) is 0. The van der Waals surface area contributed by atoms with E-state index >= 15 is 0 Å². The van der Waals surface area contributed by atoms with E-state index in [2.05, 4.69) is 15.3 Å². The van der Waals surface area contributed by atoms with Gasteiger partial charge in [0.1, 0.15) is 0 Å². The van der Waals surface area contributed by atoms with Crippen molar-refractivity contribution < 1.29 is 14.7 Å². The Morgan fingerprint density at radius 1 is 1.35 bits per heavy atom. The molecule has 6 heteroatoms. The molecular weight excluding hydrogens is 258 g/mol. The van der Waals surface area contributed by atoms with Crippen LogP contribution in [-0.4, -0.2) is 33.0 Å². The molecule has 110 valence electrons. The third-order valence-electron chi connectivity index (χ3n) is 4.03. The number of hydrogen-bond acceptors (Lipinski definition) is 3. The Balaban J connectivity index is 1.99. The van der Waals surface area contributed by atoms with E-state index in [0.29, 0.717) is 5.92 Å². The van der Waals surface area contributed by atoms with Crippen molar-refractivity contribution in [3.05, 3.63) is 17.7 Å². The van der Waals surface area contributed by atoms with Gasteiger partial charge in [-0.3, -0.25) is 4.79 Å². The number of carboxylic acid groups (broad SMARTS) is 1. The van der Waals surface area contributed by atoms with E-state index in [4.69, 9.17) is 5.11 Å². The molecule has 1 aliphatic rings. The Morgan fingerprint density at radius 2 is 2.00 bits per heavy atom. The van der Waals surface area contributed by atoms with Gasteiger partial charge in [-0.25, -0.2) is 9.78 Å². The summed E-state index contributed by atoms with van der Waals surface area (Å²) in [5.74, 6) is -1.12. The number of nitrogens with one attached hydrogen (secondary N) is 2. The molecule has 0 bridgehead atoms. The molecule has 0 spiro atoms. The van der Waals surface area contributed by atoms with Crippen LogP contribution in [0.4, 0.5) is 0 Å². The summed E-state index contributed by atoms with van der Waals surface area (Å²) in [6, 6.07) is 0.0407. The minimum Gasteiger partial charge on any atom is -0.477 e. The number of aromatic carboxylic acids is 1. The number of carboxylic acids is 1. The van der Waals surface area contributed by atoms with E-state index in [0.717, 1.165) is 12.8 Å². The average Bonchev–Trinajstić information content (AvgIpc) is 2.74. The fourth-order valence-corrected chi connectivity index (χ4v) is 2.83. The maximum atomic E-state index is 12.1. The SMILES string of the molecule is C[C@@H](NC(=O)c1nc[nH]c1C(=O)O)C1CCCCCC1. The van der Waals surface area contributed by atoms with Crippen molar-refractivity contribution in [3.63, 3.8) is 0 Å². The molecule has 0 unspecified atom stereocenters. The highest BCUT2D eigenvalue weighted by Crippen LogP contribution is 2.25. The number of imidazole rings is 1. The molecule has 1 aliphatic carbocycles. The van der Waals surface area contributed by atoms with Crippen LogP contribution >= 0.6 is 0 Å². The lowest BCUT2D eigenvalue weighted by Gasteiger charge is -2.23. The average molecular weight is 279 g/mol. The molecule has 1 aromatic heterocycles. The number of carbonyl (C=O) groups excluding carboxylic acids is 1. The molecule has 1 atom stereocenters. The van der Waals surface area contributed by atoms with Crippen molar-refractivity contribution in [2.45, 2.75) is 51.5 Å². The molecule has 0 aliphatic heterocycles. The van der Waals surface area contributed by atoms with Gasteiger partial charge < -0.3 is 15.4 Å². The predicted octanol–water partition coefficient (Wildman–Crippen LogP) is 2.20. The number of amides is 1. The van der Waals surface area contributed by atoms with Crippen LogP contribution in [0.25, 0.3) is 0 Å². The second-order valence-corrected chi connectivity index (χ2v) is 5.45. The van der Waals surface area contributed by atoms with Crippen molar-refractivity contribution in [3.8, 4) is 0 Å². The number of aromatic nitrogens is 2. The van der Waals surface area contributed by atoms with Gasteiger partial charge >= 0.3 is 5.97 Å². The van der Waals surface area contributed by atoms with Gasteiger partial charge in [-0.05, 0) is 25.7 Å². The summed E-state index contributed by atoms with van der Waals surface area (Å²) in [6.07, 6.45) is 8.40. The van der Waals surface area contributed by atoms with E-state index in [-0.39, 0.29) is 17.4 Å². The van der Waals surface area contributed by atoms with Crippen molar-refractivity contribution >= 4 is 11.9 Å². The first-order valence-electron chi connectivity index (χ1n) is 7.17. The normalized spacial score (nSPS) is 18.2. The Morgan fingerprint density at radius 3 is 2.60 bits per heavy atom. The molecule has 20 heavy (non-hydrogen) atoms. The van der Waals surface area contributed by atoms with Gasteiger partial charge in [0, 0.05) is 6.04 Å². The zero-order valence-electron chi connectivity index (χ0n) is 11.7. The molecule has 2 rings (SSSR count). The Kier molecular flexibility index (Phi) is 4.76. The highest BCUT2D eigenvalue weighted by Gasteiger charge is 2.24. The lowest BCUT2D eigenvalue weighted by Crippen LogP contribution is -2.38. The smallest absolute Gasteiger partial charge is 0.354 e. The largest absolute Gasteiger partial charge is 0.477 e. The third-order valence-corrected chi connectivity index (χ3v) is 4.03. The van der Waals surface area contributed by atoms with Crippen molar-refractivity contribution in [2.75, 3.05) is 0 Å². The first-order chi connectivity index (χ1) is 9.59. The molecular formula is C14H21N3O3. The lowest BCUT2D eigenvalue weighted by atomic mass is 9.93. The summed E-state index contributed by atoms with van der Waals surface area (Å²) < 4.78 is 0. The number of rotatable bonds is 4.